The van der Waals surface area contributed by atoms with Gasteiger partial charge in [-0.1, -0.05) is 6.07 Å². The Bertz CT molecular complexity index is 903. The van der Waals surface area contributed by atoms with Gasteiger partial charge in [-0.05, 0) is 18.2 Å². The van der Waals surface area contributed by atoms with Crippen molar-refractivity contribution in [3.8, 4) is 0 Å². The van der Waals surface area contributed by atoms with Gasteiger partial charge in [0.25, 0.3) is 0 Å². The predicted octanol–water partition coefficient (Wildman–Crippen LogP) is 0.763. The number of pyridine rings is 1. The van der Waals surface area contributed by atoms with Crippen LogP contribution in [-0.2, 0) is 9.09 Å². The van der Waals surface area contributed by atoms with Gasteiger partial charge in [0, 0.05) is 12.4 Å². The molecule has 0 radical (unpaired) electrons. The fraction of sp³-hybridized carbons (Fsp3) is 0.357. The van der Waals surface area contributed by atoms with Crippen LogP contribution < -0.4 is 16.5 Å². The standard InChI is InChI=1S/C14H17FN5O5PS/c15-11-12(21)8(27-13(11)20-6-4-9(16)18-14(20)22)7-25-26(23,24)19-10-3-1-2-5-17-10/h1-6,8,11-13,21H,7H2,(H2,16,18,22)(H2,17,19,23,24)/t8?,11-,12+,13+/m0/s1. The van der Waals surface area contributed by atoms with E-state index in [1.54, 1.807) is 12.1 Å². The highest BCUT2D eigenvalue weighted by atomic mass is 32.2. The van der Waals surface area contributed by atoms with Crippen molar-refractivity contribution in [3.63, 3.8) is 0 Å². The Morgan fingerprint density at radius 1 is 1.44 bits per heavy atom. The number of hydrogen-bond donors (Lipinski definition) is 4. The minimum atomic E-state index is -4.28. The number of rotatable bonds is 6. The fourth-order valence-electron chi connectivity index (χ4n) is 2.47. The zero-order chi connectivity index (χ0) is 19.6. The van der Waals surface area contributed by atoms with Crippen LogP contribution >= 0.6 is 19.5 Å². The van der Waals surface area contributed by atoms with Crippen molar-refractivity contribution in [1.29, 1.82) is 0 Å². The molecule has 0 aromatic carbocycles. The van der Waals surface area contributed by atoms with Crippen LogP contribution in [0.2, 0.25) is 0 Å². The lowest BCUT2D eigenvalue weighted by molar-refractivity contribution is 0.0646. The van der Waals surface area contributed by atoms with Crippen LogP contribution in [0, 0.1) is 0 Å². The summed E-state index contributed by atoms with van der Waals surface area (Å²) in [5.74, 6) is 0.126. The SMILES string of the molecule is Nc1ccn([C@@H]2SC(COP(=O)(O)Nc3ccccn3)[C@@H](O)[C@@H]2F)c(=O)n1. The molecule has 1 aliphatic rings. The van der Waals surface area contributed by atoms with Crippen molar-refractivity contribution >= 4 is 31.1 Å². The number of aromatic nitrogens is 3. The highest BCUT2D eigenvalue weighted by Crippen LogP contribution is 2.47. The molecule has 0 spiro atoms. The first kappa shape index (κ1) is 19.8. The molecule has 13 heteroatoms. The first-order valence-corrected chi connectivity index (χ1v) is 10.3. The van der Waals surface area contributed by atoms with E-state index in [2.05, 4.69) is 15.1 Å². The number of nitrogens with one attached hydrogen (secondary N) is 1. The summed E-state index contributed by atoms with van der Waals surface area (Å²) < 4.78 is 32.5. The fourth-order valence-corrected chi connectivity index (χ4v) is 4.83. The monoisotopic (exact) mass is 417 g/mol. The Morgan fingerprint density at radius 2 is 2.22 bits per heavy atom. The number of halogens is 1. The average molecular weight is 417 g/mol. The first-order chi connectivity index (χ1) is 12.8. The van der Waals surface area contributed by atoms with Crippen LogP contribution in [0.5, 0.6) is 0 Å². The summed E-state index contributed by atoms with van der Waals surface area (Å²) in [6.07, 6.45) is -0.590. The van der Waals surface area contributed by atoms with E-state index >= 15 is 0 Å². The summed E-state index contributed by atoms with van der Waals surface area (Å²) >= 11 is 0.903. The lowest BCUT2D eigenvalue weighted by Gasteiger charge is -2.18. The molecule has 3 rings (SSSR count). The summed E-state index contributed by atoms with van der Waals surface area (Å²) in [7, 11) is -4.28. The number of nitrogens with zero attached hydrogens (tertiary/aromatic N) is 3. The average Bonchev–Trinajstić information content (AvgIpc) is 2.89. The molecule has 0 aliphatic carbocycles. The molecule has 2 aromatic rings. The minimum Gasteiger partial charge on any atom is -0.389 e. The quantitative estimate of drug-likeness (QED) is 0.496. The Hall–Kier alpha value is -1.98. The van der Waals surface area contributed by atoms with E-state index in [0.717, 1.165) is 16.3 Å². The molecule has 0 amide bonds. The second-order valence-electron chi connectivity index (χ2n) is 5.69. The number of nitrogens with two attached hydrogens (primary N) is 1. The molecule has 27 heavy (non-hydrogen) atoms. The van der Waals surface area contributed by atoms with Gasteiger partial charge in [0.2, 0.25) is 0 Å². The van der Waals surface area contributed by atoms with E-state index in [1.807, 2.05) is 0 Å². The molecule has 0 saturated carbocycles. The Labute approximate surface area is 157 Å². The summed E-state index contributed by atoms with van der Waals surface area (Å²) in [6, 6.07) is 6.06. The largest absolute Gasteiger partial charge is 0.431 e. The van der Waals surface area contributed by atoms with Gasteiger partial charge in [0.1, 0.15) is 23.1 Å². The third-order valence-corrected chi connectivity index (χ3v) is 6.30. The third-order valence-electron chi connectivity index (χ3n) is 3.75. The molecule has 2 aromatic heterocycles. The van der Waals surface area contributed by atoms with Crippen LogP contribution in [0.25, 0.3) is 0 Å². The van der Waals surface area contributed by atoms with Crippen molar-refractivity contribution in [2.24, 2.45) is 0 Å². The maximum absolute atomic E-state index is 14.5. The number of aliphatic hydroxyl groups excluding tert-OH is 1. The van der Waals surface area contributed by atoms with Gasteiger partial charge >= 0.3 is 13.4 Å². The molecular weight excluding hydrogens is 400 g/mol. The van der Waals surface area contributed by atoms with Crippen molar-refractivity contribution < 1.29 is 23.5 Å². The summed E-state index contributed by atoms with van der Waals surface area (Å²) in [6.45, 7) is -0.423. The minimum absolute atomic E-state index is 0.00287. The van der Waals surface area contributed by atoms with E-state index in [1.165, 1.54) is 24.5 Å². The Balaban J connectivity index is 1.65. The lowest BCUT2D eigenvalue weighted by Crippen LogP contribution is -2.33. The van der Waals surface area contributed by atoms with Crippen LogP contribution in [-0.4, -0.2) is 48.7 Å². The van der Waals surface area contributed by atoms with Crippen LogP contribution in [0.15, 0.2) is 41.5 Å². The molecule has 1 aliphatic heterocycles. The molecule has 10 nitrogen and oxygen atoms in total. The van der Waals surface area contributed by atoms with Gasteiger partial charge in [-0.15, -0.1) is 11.8 Å². The normalized spacial score (nSPS) is 27.2. The van der Waals surface area contributed by atoms with Crippen molar-refractivity contribution in [3.05, 3.63) is 47.1 Å². The Kier molecular flexibility index (Phi) is 5.82. The number of nitrogen functional groups attached to an aromatic ring is 1. The van der Waals surface area contributed by atoms with Gasteiger partial charge in [0.15, 0.2) is 6.17 Å². The van der Waals surface area contributed by atoms with Gasteiger partial charge in [0.05, 0.1) is 11.9 Å². The second kappa shape index (κ2) is 7.95. The summed E-state index contributed by atoms with van der Waals surface area (Å²) in [5.41, 5.74) is 4.65. The van der Waals surface area contributed by atoms with Gasteiger partial charge in [-0.2, -0.15) is 4.98 Å². The van der Waals surface area contributed by atoms with E-state index in [-0.39, 0.29) is 11.6 Å². The molecule has 0 bridgehead atoms. The van der Waals surface area contributed by atoms with E-state index in [4.69, 9.17) is 10.3 Å². The Morgan fingerprint density at radius 3 is 2.89 bits per heavy atom. The van der Waals surface area contributed by atoms with Crippen molar-refractivity contribution in [2.45, 2.75) is 22.9 Å². The molecule has 5 atom stereocenters. The second-order valence-corrected chi connectivity index (χ2v) is 8.57. The molecule has 2 unspecified atom stereocenters. The van der Waals surface area contributed by atoms with Crippen LogP contribution in [0.3, 0.4) is 0 Å². The molecule has 3 heterocycles. The maximum Gasteiger partial charge on any atom is 0.431 e. The maximum atomic E-state index is 14.5. The van der Waals surface area contributed by atoms with Gasteiger partial charge in [-0.25, -0.2) is 18.7 Å². The topological polar surface area (TPSA) is 153 Å². The van der Waals surface area contributed by atoms with E-state index < -0.39 is 42.9 Å². The first-order valence-electron chi connectivity index (χ1n) is 7.76. The lowest BCUT2D eigenvalue weighted by atomic mass is 10.1. The smallest absolute Gasteiger partial charge is 0.389 e. The van der Waals surface area contributed by atoms with Gasteiger partial charge < -0.3 is 15.7 Å². The van der Waals surface area contributed by atoms with E-state index in [0.29, 0.717) is 0 Å². The third kappa shape index (κ3) is 4.66. The van der Waals surface area contributed by atoms with Crippen LogP contribution in [0.1, 0.15) is 5.37 Å². The highest BCUT2D eigenvalue weighted by molar-refractivity contribution is 8.00. The number of aliphatic hydroxyl groups is 1. The number of hydrogen-bond acceptors (Lipinski definition) is 8. The zero-order valence-corrected chi connectivity index (χ0v) is 15.5. The summed E-state index contributed by atoms with van der Waals surface area (Å²) in [4.78, 5) is 29.1. The number of anilines is 2. The number of alkyl halides is 1. The number of thioether (sulfide) groups is 1. The molecule has 5 N–H and O–H groups in total. The van der Waals surface area contributed by atoms with E-state index in [9.17, 15) is 23.7 Å². The zero-order valence-electron chi connectivity index (χ0n) is 13.8. The summed E-state index contributed by atoms with van der Waals surface area (Å²) in [5, 5.41) is 10.4. The van der Waals surface area contributed by atoms with Crippen molar-refractivity contribution in [1.82, 2.24) is 14.5 Å². The predicted molar refractivity (Wildman–Crippen MR) is 97.9 cm³/mol. The molecule has 1 saturated heterocycles. The molecular formula is C14H17FN5O5PS. The van der Waals surface area contributed by atoms with Crippen molar-refractivity contribution in [2.75, 3.05) is 17.4 Å². The highest BCUT2D eigenvalue weighted by Gasteiger charge is 2.46. The molecule has 146 valence electrons. The molecule has 1 fully saturated rings. The van der Waals surface area contributed by atoms with Gasteiger partial charge in [-0.3, -0.25) is 14.2 Å². The van der Waals surface area contributed by atoms with Crippen LogP contribution in [0.4, 0.5) is 16.0 Å².